The first-order valence-corrected chi connectivity index (χ1v) is 30.8. The number of aromatic nitrogens is 2. The molecule has 0 fully saturated rings. The van der Waals surface area contributed by atoms with Crippen molar-refractivity contribution in [2.45, 2.75) is 0 Å². The van der Waals surface area contributed by atoms with E-state index in [1.54, 1.807) is 0 Å². The molecule has 0 saturated heterocycles. The highest BCUT2D eigenvalue weighted by molar-refractivity contribution is 6.14. The van der Waals surface area contributed by atoms with Gasteiger partial charge in [0.25, 0.3) is 0 Å². The fourth-order valence-electron chi connectivity index (χ4n) is 13.3. The lowest BCUT2D eigenvalue weighted by molar-refractivity contribution is 1.18. The van der Waals surface area contributed by atoms with Gasteiger partial charge in [0.15, 0.2) is 0 Å². The van der Waals surface area contributed by atoms with E-state index in [0.717, 1.165) is 78.7 Å². The van der Waals surface area contributed by atoms with E-state index < -0.39 is 0 Å². The van der Waals surface area contributed by atoms with Gasteiger partial charge in [-0.1, -0.05) is 231 Å². The second-order valence-corrected chi connectivity index (χ2v) is 22.9. The number of rotatable bonds is 14. The Balaban J connectivity index is 0.728. The maximum atomic E-state index is 2.40. The SMILES string of the molecule is C(=Cc1ccc(N(c2ccccc2)c2ccc3c(c2)c2cc(-c4ccccc4-c4ccccc4)ccc2n3-c2ccccc2)cc1)c1ccc(N(c2ccccc2)c2ccc3c(c2)c2cc(-c4ccccc4-c4ccccc4)ccc2n3-c2ccccc2)cc1. The van der Waals surface area contributed by atoms with Gasteiger partial charge >= 0.3 is 0 Å². The minimum absolute atomic E-state index is 1.07. The van der Waals surface area contributed by atoms with E-state index in [1.165, 1.54) is 66.1 Å². The summed E-state index contributed by atoms with van der Waals surface area (Å²) in [6, 6.07) is 127. The number of nitrogens with zero attached hydrogens (tertiary/aromatic N) is 4. The molecule has 0 atom stereocenters. The minimum Gasteiger partial charge on any atom is -0.310 e. The molecular weight excluding hydrogens is 1090 g/mol. The summed E-state index contributed by atoms with van der Waals surface area (Å²) in [7, 11) is 0. The summed E-state index contributed by atoms with van der Waals surface area (Å²) in [5.41, 5.74) is 25.2. The van der Waals surface area contributed by atoms with E-state index in [0.29, 0.717) is 0 Å². The maximum absolute atomic E-state index is 2.40. The second-order valence-electron chi connectivity index (χ2n) is 22.9. The van der Waals surface area contributed by atoms with Gasteiger partial charge in [0.1, 0.15) is 0 Å². The lowest BCUT2D eigenvalue weighted by atomic mass is 9.94. The Morgan fingerprint density at radius 2 is 0.467 bits per heavy atom. The molecule has 0 N–H and O–H groups in total. The van der Waals surface area contributed by atoms with Gasteiger partial charge in [0.05, 0.1) is 22.1 Å². The van der Waals surface area contributed by atoms with Crippen LogP contribution in [0, 0.1) is 0 Å². The Morgan fingerprint density at radius 3 is 0.822 bits per heavy atom. The quantitative estimate of drug-likeness (QED) is 0.101. The van der Waals surface area contributed by atoms with Gasteiger partial charge in [-0.05, 0) is 189 Å². The first kappa shape index (κ1) is 53.5. The Labute approximate surface area is 524 Å². The molecule has 0 aliphatic heterocycles. The van der Waals surface area contributed by atoms with Gasteiger partial charge in [-0.2, -0.15) is 0 Å². The van der Waals surface area contributed by atoms with Crippen molar-refractivity contribution >= 4 is 89.9 Å². The standard InChI is InChI=1S/C86H60N4/c1-7-23-63(24-8-1)75-35-19-21-37-77(75)65-45-53-83-79(57-65)81-59-73(51-55-85(81)89(83)69-31-15-5-16-32-69)87(67-27-11-3-12-28-67)71-47-41-61(42-48-71)39-40-62-43-49-72(50-44-62)88(68-29-13-4-14-30-68)74-52-56-86-82(60-74)80-58-66(46-54-84(80)90(86)70-33-17-6-18-34-70)78-38-22-20-36-76(78)64-25-9-2-10-26-64/h1-60H. The molecule has 90 heavy (non-hydrogen) atoms. The summed E-state index contributed by atoms with van der Waals surface area (Å²) in [5, 5.41) is 4.78. The van der Waals surface area contributed by atoms with Crippen LogP contribution < -0.4 is 9.80 Å². The van der Waals surface area contributed by atoms with E-state index in [1.807, 2.05) is 0 Å². The fraction of sp³-hybridized carbons (Fsp3) is 0. The summed E-state index contributed by atoms with van der Waals surface area (Å²) in [6.45, 7) is 0. The number of hydrogen-bond donors (Lipinski definition) is 0. The van der Waals surface area contributed by atoms with E-state index in [2.05, 4.69) is 383 Å². The molecular formula is C86H60N4. The zero-order valence-corrected chi connectivity index (χ0v) is 49.4. The molecule has 16 aromatic rings. The van der Waals surface area contributed by atoms with Crippen molar-refractivity contribution < 1.29 is 0 Å². The van der Waals surface area contributed by atoms with Gasteiger partial charge in [0, 0.05) is 67.0 Å². The molecule has 0 amide bonds. The largest absolute Gasteiger partial charge is 0.310 e. The number of benzene rings is 14. The molecule has 0 bridgehead atoms. The molecule has 0 unspecified atom stereocenters. The molecule has 2 heterocycles. The van der Waals surface area contributed by atoms with Crippen molar-refractivity contribution in [3.05, 3.63) is 363 Å². The smallest absolute Gasteiger partial charge is 0.0542 e. The average Bonchev–Trinajstić information content (AvgIpc) is 1.92. The lowest BCUT2D eigenvalue weighted by Crippen LogP contribution is -2.09. The van der Waals surface area contributed by atoms with Gasteiger partial charge in [-0.25, -0.2) is 0 Å². The third-order valence-electron chi connectivity index (χ3n) is 17.5. The van der Waals surface area contributed by atoms with Crippen LogP contribution in [0.15, 0.2) is 352 Å². The predicted molar refractivity (Wildman–Crippen MR) is 382 cm³/mol. The maximum Gasteiger partial charge on any atom is 0.0542 e. The Kier molecular flexibility index (Phi) is 13.9. The van der Waals surface area contributed by atoms with Crippen LogP contribution in [0.5, 0.6) is 0 Å². The summed E-state index contributed by atoms with van der Waals surface area (Å²) in [6.07, 6.45) is 4.42. The molecule has 16 rings (SSSR count). The highest BCUT2D eigenvalue weighted by Crippen LogP contribution is 2.45. The molecule has 0 saturated carbocycles. The van der Waals surface area contributed by atoms with Crippen molar-refractivity contribution in [1.29, 1.82) is 0 Å². The molecule has 4 heteroatoms. The fourth-order valence-corrected chi connectivity index (χ4v) is 13.3. The number of hydrogen-bond acceptors (Lipinski definition) is 2. The zero-order valence-electron chi connectivity index (χ0n) is 49.4. The minimum atomic E-state index is 1.07. The summed E-state index contributed by atoms with van der Waals surface area (Å²) in [4.78, 5) is 4.74. The van der Waals surface area contributed by atoms with Crippen LogP contribution in [0.2, 0.25) is 0 Å². The first-order valence-electron chi connectivity index (χ1n) is 30.8. The van der Waals surface area contributed by atoms with Crippen LogP contribution in [-0.2, 0) is 0 Å². The number of fused-ring (bicyclic) bond motifs is 6. The lowest BCUT2D eigenvalue weighted by Gasteiger charge is -2.26. The molecule has 14 aromatic carbocycles. The van der Waals surface area contributed by atoms with Crippen LogP contribution in [0.1, 0.15) is 11.1 Å². The van der Waals surface area contributed by atoms with Crippen molar-refractivity contribution in [2.24, 2.45) is 0 Å². The van der Waals surface area contributed by atoms with E-state index in [9.17, 15) is 0 Å². The topological polar surface area (TPSA) is 16.3 Å². The highest BCUT2D eigenvalue weighted by Gasteiger charge is 2.22. The van der Waals surface area contributed by atoms with Crippen LogP contribution in [-0.4, -0.2) is 9.13 Å². The van der Waals surface area contributed by atoms with Crippen molar-refractivity contribution in [3.63, 3.8) is 0 Å². The van der Waals surface area contributed by atoms with Crippen LogP contribution in [0.3, 0.4) is 0 Å². The van der Waals surface area contributed by atoms with Crippen LogP contribution >= 0.6 is 0 Å². The first-order chi connectivity index (χ1) is 44.6. The van der Waals surface area contributed by atoms with Gasteiger partial charge in [0.2, 0.25) is 0 Å². The van der Waals surface area contributed by atoms with E-state index in [4.69, 9.17) is 0 Å². The third kappa shape index (κ3) is 9.98. The van der Waals surface area contributed by atoms with Gasteiger partial charge in [-0.15, -0.1) is 0 Å². The molecule has 4 nitrogen and oxygen atoms in total. The number of para-hydroxylation sites is 4. The van der Waals surface area contributed by atoms with Crippen molar-refractivity contribution in [1.82, 2.24) is 9.13 Å². The summed E-state index contributed by atoms with van der Waals surface area (Å²) in [5.74, 6) is 0. The van der Waals surface area contributed by atoms with Crippen LogP contribution in [0.4, 0.5) is 34.1 Å². The average molecular weight is 1150 g/mol. The van der Waals surface area contributed by atoms with E-state index in [-0.39, 0.29) is 0 Å². The summed E-state index contributed by atoms with van der Waals surface area (Å²) < 4.78 is 4.80. The zero-order chi connectivity index (χ0) is 59.7. The summed E-state index contributed by atoms with van der Waals surface area (Å²) >= 11 is 0. The van der Waals surface area contributed by atoms with Gasteiger partial charge in [-0.3, -0.25) is 0 Å². The van der Waals surface area contributed by atoms with Crippen LogP contribution in [0.25, 0.3) is 112 Å². The van der Waals surface area contributed by atoms with Gasteiger partial charge < -0.3 is 18.9 Å². The Hall–Kier alpha value is -12.0. The normalized spacial score (nSPS) is 11.5. The molecule has 0 aliphatic carbocycles. The molecule has 0 radical (unpaired) electrons. The molecule has 0 spiro atoms. The molecule has 2 aromatic heterocycles. The van der Waals surface area contributed by atoms with Crippen molar-refractivity contribution in [2.75, 3.05) is 9.80 Å². The monoisotopic (exact) mass is 1150 g/mol. The third-order valence-corrected chi connectivity index (χ3v) is 17.5. The predicted octanol–water partition coefficient (Wildman–Crippen LogP) is 23.7. The van der Waals surface area contributed by atoms with E-state index >= 15 is 0 Å². The Bertz CT molecular complexity index is 4920. The number of anilines is 6. The molecule has 0 aliphatic rings. The molecule has 424 valence electrons. The second kappa shape index (κ2) is 23.4. The Morgan fingerprint density at radius 1 is 0.200 bits per heavy atom. The van der Waals surface area contributed by atoms with Crippen molar-refractivity contribution in [3.8, 4) is 55.9 Å². The highest BCUT2D eigenvalue weighted by atomic mass is 15.1.